The molecule has 0 aliphatic carbocycles. The summed E-state index contributed by atoms with van der Waals surface area (Å²) in [6.45, 7) is 2.31. The van der Waals surface area contributed by atoms with E-state index in [1.165, 1.54) is 10.6 Å². The largest absolute Gasteiger partial charge is 0.544 e. The number of hydrogen-bond acceptors (Lipinski definition) is 7. The van der Waals surface area contributed by atoms with E-state index in [0.29, 0.717) is 46.6 Å². The van der Waals surface area contributed by atoms with Crippen LogP contribution in [0.15, 0.2) is 67.0 Å². The van der Waals surface area contributed by atoms with Crippen LogP contribution in [0.2, 0.25) is 0 Å². The van der Waals surface area contributed by atoms with Crippen LogP contribution in [-0.4, -0.2) is 74.6 Å². The Balaban J connectivity index is 1.51. The van der Waals surface area contributed by atoms with Gasteiger partial charge in [0.25, 0.3) is 5.95 Å². The van der Waals surface area contributed by atoms with Crippen molar-refractivity contribution in [2.45, 2.75) is 19.5 Å². The fourth-order valence-corrected chi connectivity index (χ4v) is 5.29. The number of anilines is 1. The van der Waals surface area contributed by atoms with Gasteiger partial charge in [-0.25, -0.2) is 14.0 Å². The molecule has 2 amide bonds. The molecule has 3 heterocycles. The van der Waals surface area contributed by atoms with Crippen molar-refractivity contribution in [3.63, 3.8) is 0 Å². The van der Waals surface area contributed by atoms with E-state index >= 15 is 0 Å². The van der Waals surface area contributed by atoms with Gasteiger partial charge in [-0.05, 0) is 60.5 Å². The van der Waals surface area contributed by atoms with Gasteiger partial charge in [0.15, 0.2) is 5.65 Å². The summed E-state index contributed by atoms with van der Waals surface area (Å²) in [5.41, 5.74) is 2.90. The first-order chi connectivity index (χ1) is 22.3. The smallest absolute Gasteiger partial charge is 0.416 e. The van der Waals surface area contributed by atoms with E-state index in [9.17, 15) is 33.1 Å². The summed E-state index contributed by atoms with van der Waals surface area (Å²) in [6.07, 6.45) is -0.852. The zero-order chi connectivity index (χ0) is 33.9. The normalized spacial score (nSPS) is 11.8. The zero-order valence-electron chi connectivity index (χ0n) is 25.7. The molecule has 0 aliphatic rings. The number of hydrogen-bond donors (Lipinski definition) is 2. The number of fused-ring (bicyclic) bond motifs is 1. The molecule has 0 aliphatic heterocycles. The van der Waals surface area contributed by atoms with Gasteiger partial charge >= 0.3 is 12.2 Å². The quantitative estimate of drug-likeness (QED) is 0.173. The van der Waals surface area contributed by atoms with Crippen molar-refractivity contribution < 1.29 is 32.3 Å². The zero-order valence-corrected chi connectivity index (χ0v) is 25.7. The van der Waals surface area contributed by atoms with E-state index in [0.717, 1.165) is 12.1 Å². The van der Waals surface area contributed by atoms with E-state index < -0.39 is 23.7 Å². The van der Waals surface area contributed by atoms with Crippen molar-refractivity contribution in [1.82, 2.24) is 29.7 Å². The molecule has 15 heteroatoms. The number of urea groups is 1. The summed E-state index contributed by atoms with van der Waals surface area (Å²) in [7, 11) is 3.48. The van der Waals surface area contributed by atoms with Crippen LogP contribution in [0.25, 0.3) is 33.7 Å². The molecular weight excluding hydrogens is 615 g/mol. The van der Waals surface area contributed by atoms with Crippen LogP contribution < -0.4 is 15.7 Å². The number of nitrogens with one attached hydrogen (secondary N) is 2. The van der Waals surface area contributed by atoms with Crippen LogP contribution >= 0.6 is 0 Å². The molecule has 242 valence electrons. The summed E-state index contributed by atoms with van der Waals surface area (Å²) in [5, 5.41) is 34.2. The molecule has 0 radical (unpaired) electrons. The number of carbonyl (C=O) groups is 2. The maximum absolute atomic E-state index is 13.7. The summed E-state index contributed by atoms with van der Waals surface area (Å²) in [4.78, 5) is 28.1. The molecule has 3 aromatic heterocycles. The number of pyridine rings is 1. The lowest BCUT2D eigenvalue weighted by atomic mass is 9.95. The minimum Gasteiger partial charge on any atom is -0.544 e. The van der Waals surface area contributed by atoms with Crippen LogP contribution in [0.1, 0.15) is 23.1 Å². The first kappa shape index (κ1) is 32.6. The molecule has 2 aromatic carbocycles. The molecule has 0 saturated carbocycles. The van der Waals surface area contributed by atoms with Gasteiger partial charge in [0, 0.05) is 30.3 Å². The second-order valence-electron chi connectivity index (χ2n) is 11.5. The second-order valence-corrected chi connectivity index (χ2v) is 11.5. The molecule has 47 heavy (non-hydrogen) atoms. The van der Waals surface area contributed by atoms with Crippen molar-refractivity contribution in [1.29, 1.82) is 5.26 Å². The van der Waals surface area contributed by atoms with Crippen LogP contribution in [0.4, 0.5) is 23.9 Å². The number of carbonyl (C=O) groups excluding carboxylic acids is 2. The van der Waals surface area contributed by atoms with Crippen molar-refractivity contribution >= 4 is 23.6 Å². The number of alkyl halides is 3. The van der Waals surface area contributed by atoms with E-state index in [2.05, 4.69) is 31.9 Å². The fourth-order valence-electron chi connectivity index (χ4n) is 5.29. The lowest BCUT2D eigenvalue weighted by Gasteiger charge is -2.30. The van der Waals surface area contributed by atoms with Gasteiger partial charge in [-0.15, -0.1) is 5.10 Å². The van der Waals surface area contributed by atoms with Crippen LogP contribution in [0.3, 0.4) is 0 Å². The third kappa shape index (κ3) is 7.39. The molecule has 0 fully saturated rings. The Morgan fingerprint density at radius 1 is 1.11 bits per heavy atom. The maximum atomic E-state index is 13.7. The lowest BCUT2D eigenvalue weighted by Crippen LogP contribution is -2.49. The first-order valence-electron chi connectivity index (χ1n) is 14.4. The molecule has 2 N–H and O–H groups in total. The number of aromatic nitrogens is 5. The molecule has 0 saturated heterocycles. The van der Waals surface area contributed by atoms with Crippen molar-refractivity contribution in [2.75, 3.05) is 39.0 Å². The minimum atomic E-state index is -4.58. The number of halogens is 3. The van der Waals surface area contributed by atoms with E-state index in [1.807, 2.05) is 0 Å². The summed E-state index contributed by atoms with van der Waals surface area (Å²) >= 11 is 0. The maximum Gasteiger partial charge on any atom is 0.416 e. The van der Waals surface area contributed by atoms with Gasteiger partial charge in [-0.2, -0.15) is 28.5 Å². The minimum absolute atomic E-state index is 0.0825. The Morgan fingerprint density at radius 3 is 2.53 bits per heavy atom. The molecule has 0 bridgehead atoms. The Labute approximate surface area is 267 Å². The standard InChI is InChI=1S/C32H30F3N9O3/c1-20-25(26-12-14-38-43(26)24-10-8-21(17-36)9-11-24)18-42-29(28(20)22-6-4-7-23(16-22)32(33,34)35)39-30(41-42)40-31(47)37-13-5-15-44(2,3)19-27(45)46/h4,6-12,14,16,18H,5,13,15,19H2,1-3H3,(H2-,37,40,41,45,46,47). The summed E-state index contributed by atoms with van der Waals surface area (Å²) < 4.78 is 44.4. The number of nitrogens with zero attached hydrogens (tertiary/aromatic N) is 7. The van der Waals surface area contributed by atoms with Crippen molar-refractivity contribution in [3.8, 4) is 34.1 Å². The number of rotatable bonds is 10. The summed E-state index contributed by atoms with van der Waals surface area (Å²) in [6, 6.07) is 14.9. The number of carboxylic acids is 1. The van der Waals surface area contributed by atoms with Gasteiger partial charge < -0.3 is 19.7 Å². The second kappa shape index (κ2) is 12.9. The highest BCUT2D eigenvalue weighted by molar-refractivity contribution is 5.90. The fraction of sp³-hybridized carbons (Fsp3) is 0.250. The van der Waals surface area contributed by atoms with Gasteiger partial charge in [-0.1, -0.05) is 12.1 Å². The van der Waals surface area contributed by atoms with Crippen molar-refractivity contribution in [2.24, 2.45) is 0 Å². The van der Waals surface area contributed by atoms with Gasteiger partial charge in [0.2, 0.25) is 0 Å². The highest BCUT2D eigenvalue weighted by Crippen LogP contribution is 2.38. The number of aliphatic carboxylic acids is 1. The number of likely N-dealkylation sites (N-methyl/N-ethyl adjacent to an activating group) is 1. The molecule has 0 spiro atoms. The number of benzene rings is 2. The Morgan fingerprint density at radius 2 is 1.85 bits per heavy atom. The Bertz CT molecular complexity index is 1990. The van der Waals surface area contributed by atoms with Crippen LogP contribution in [-0.2, 0) is 11.0 Å². The van der Waals surface area contributed by atoms with Gasteiger partial charge in [-0.3, -0.25) is 5.32 Å². The third-order valence-electron chi connectivity index (χ3n) is 7.53. The molecule has 0 atom stereocenters. The lowest BCUT2D eigenvalue weighted by molar-refractivity contribution is -0.884. The first-order valence-corrected chi connectivity index (χ1v) is 14.4. The molecule has 0 unspecified atom stereocenters. The van der Waals surface area contributed by atoms with Gasteiger partial charge in [0.05, 0.1) is 61.4 Å². The topological polar surface area (TPSA) is 153 Å². The average Bonchev–Trinajstić information content (AvgIpc) is 3.65. The van der Waals surface area contributed by atoms with Crippen LogP contribution in [0.5, 0.6) is 0 Å². The van der Waals surface area contributed by atoms with Crippen LogP contribution in [0, 0.1) is 18.3 Å². The monoisotopic (exact) mass is 645 g/mol. The predicted octanol–water partition coefficient (Wildman–Crippen LogP) is 3.79. The number of amides is 2. The average molecular weight is 646 g/mol. The third-order valence-corrected chi connectivity index (χ3v) is 7.53. The highest BCUT2D eigenvalue weighted by Gasteiger charge is 2.31. The molecular formula is C32H30F3N9O3. The predicted molar refractivity (Wildman–Crippen MR) is 164 cm³/mol. The number of carboxylic acid groups (broad SMARTS) is 1. The Hall–Kier alpha value is -5.75. The highest BCUT2D eigenvalue weighted by atomic mass is 19.4. The molecule has 5 rings (SSSR count). The summed E-state index contributed by atoms with van der Waals surface area (Å²) in [5.74, 6) is -1.25. The SMILES string of the molecule is Cc1c(-c2ccnn2-c2ccc(C#N)cc2)cn2nc(NC(=O)NCCC[N+](C)(C)CC(=O)[O-])nc2c1-c1cccc(C(F)(F)F)c1. The van der Waals surface area contributed by atoms with E-state index in [-0.39, 0.29) is 34.7 Å². The number of nitriles is 1. The van der Waals surface area contributed by atoms with Gasteiger partial charge in [0.1, 0.15) is 6.54 Å². The molecule has 12 nitrogen and oxygen atoms in total. The Kier molecular flexibility index (Phi) is 8.98. The van der Waals surface area contributed by atoms with Crippen molar-refractivity contribution in [3.05, 3.63) is 83.7 Å². The van der Waals surface area contributed by atoms with E-state index in [4.69, 9.17) is 0 Å². The number of quaternary nitrogens is 1. The molecule has 5 aromatic rings. The van der Waals surface area contributed by atoms with E-state index in [1.54, 1.807) is 74.5 Å².